The lowest BCUT2D eigenvalue weighted by molar-refractivity contribution is -0.164. The zero-order valence-corrected chi connectivity index (χ0v) is 18.9. The molecule has 2 rings (SSSR count). The monoisotopic (exact) mass is 444 g/mol. The number of hydrogen-bond acceptors (Lipinski definition) is 4. The molecule has 0 spiro atoms. The van der Waals surface area contributed by atoms with E-state index in [2.05, 4.69) is 18.6 Å². The van der Waals surface area contributed by atoms with Crippen molar-refractivity contribution in [1.29, 1.82) is 0 Å². The predicted octanol–water partition coefficient (Wildman–Crippen LogP) is 5.94. The summed E-state index contributed by atoms with van der Waals surface area (Å²) in [5.41, 5.74) is 3.04. The first-order valence-electron chi connectivity index (χ1n) is 10.7. The predicted molar refractivity (Wildman–Crippen MR) is 120 cm³/mol. The highest BCUT2D eigenvalue weighted by molar-refractivity contribution is 5.81. The highest BCUT2D eigenvalue weighted by atomic mass is 19.3. The highest BCUT2D eigenvalue weighted by Crippen LogP contribution is 2.23. The van der Waals surface area contributed by atoms with E-state index in [9.17, 15) is 18.4 Å². The lowest BCUT2D eigenvalue weighted by Gasteiger charge is -2.14. The molecule has 0 aliphatic heterocycles. The Morgan fingerprint density at radius 2 is 1.66 bits per heavy atom. The molecule has 0 saturated heterocycles. The molecule has 2 aromatic rings. The Bertz CT molecular complexity index is 933. The van der Waals surface area contributed by atoms with Gasteiger partial charge in [0.25, 0.3) is 0 Å². The second kappa shape index (κ2) is 11.6. The SMILES string of the molecule is CCOC(=O)C(F)(F)/C=C\c1ccccc1COC(=O)C(C)c1ccc(CC(C)C)cc1. The van der Waals surface area contributed by atoms with Crippen LogP contribution in [0.25, 0.3) is 6.08 Å². The molecule has 0 heterocycles. The summed E-state index contributed by atoms with van der Waals surface area (Å²) in [6, 6.07) is 14.6. The van der Waals surface area contributed by atoms with Gasteiger partial charge in [0, 0.05) is 0 Å². The zero-order valence-electron chi connectivity index (χ0n) is 18.9. The molecule has 1 unspecified atom stereocenters. The number of esters is 2. The normalized spacial score (nSPS) is 12.7. The van der Waals surface area contributed by atoms with E-state index in [0.29, 0.717) is 23.1 Å². The number of carbonyl (C=O) groups is 2. The number of alkyl halides is 2. The van der Waals surface area contributed by atoms with Crippen molar-refractivity contribution >= 4 is 18.0 Å². The van der Waals surface area contributed by atoms with Gasteiger partial charge in [0.05, 0.1) is 12.5 Å². The van der Waals surface area contributed by atoms with E-state index in [4.69, 9.17) is 4.74 Å². The number of rotatable bonds is 10. The molecular weight excluding hydrogens is 414 g/mol. The molecule has 172 valence electrons. The Morgan fingerprint density at radius 1 is 1.00 bits per heavy atom. The quantitative estimate of drug-likeness (QED) is 0.425. The standard InChI is InChI=1S/C26H30F2O4/c1-5-31-25(30)26(27,28)15-14-22-8-6-7-9-23(22)17-32-24(29)19(4)21-12-10-20(11-13-21)16-18(2)3/h6-15,18-19H,5,16-17H2,1-4H3/b15-14-. The summed E-state index contributed by atoms with van der Waals surface area (Å²) in [6.07, 6.45) is 2.60. The first-order valence-corrected chi connectivity index (χ1v) is 10.7. The fourth-order valence-corrected chi connectivity index (χ4v) is 3.14. The van der Waals surface area contributed by atoms with Crippen molar-refractivity contribution in [1.82, 2.24) is 0 Å². The van der Waals surface area contributed by atoms with Gasteiger partial charge in [0.15, 0.2) is 0 Å². The first-order chi connectivity index (χ1) is 15.1. The van der Waals surface area contributed by atoms with Crippen molar-refractivity contribution in [3.05, 3.63) is 76.9 Å². The largest absolute Gasteiger partial charge is 0.461 e. The lowest BCUT2D eigenvalue weighted by atomic mass is 9.97. The Labute approximate surface area is 188 Å². The molecule has 0 N–H and O–H groups in total. The van der Waals surface area contributed by atoms with Crippen molar-refractivity contribution in [2.45, 2.75) is 52.6 Å². The number of hydrogen-bond donors (Lipinski definition) is 0. The van der Waals surface area contributed by atoms with Gasteiger partial charge in [-0.05, 0) is 54.5 Å². The third-order valence-electron chi connectivity index (χ3n) is 4.92. The van der Waals surface area contributed by atoms with Gasteiger partial charge in [-0.25, -0.2) is 4.79 Å². The number of ether oxygens (including phenoxy) is 2. The molecule has 0 fully saturated rings. The van der Waals surface area contributed by atoms with Crippen molar-refractivity contribution < 1.29 is 27.8 Å². The molecule has 0 aliphatic rings. The maximum Gasteiger partial charge on any atom is 0.381 e. The molecular formula is C26H30F2O4. The fraction of sp³-hybridized carbons (Fsp3) is 0.385. The molecule has 0 aliphatic carbocycles. The zero-order chi connectivity index (χ0) is 23.7. The van der Waals surface area contributed by atoms with E-state index >= 15 is 0 Å². The summed E-state index contributed by atoms with van der Waals surface area (Å²) >= 11 is 0. The van der Waals surface area contributed by atoms with Gasteiger partial charge >= 0.3 is 17.9 Å². The molecule has 32 heavy (non-hydrogen) atoms. The van der Waals surface area contributed by atoms with Crippen molar-refractivity contribution in [3.63, 3.8) is 0 Å². The second-order valence-electron chi connectivity index (χ2n) is 8.04. The van der Waals surface area contributed by atoms with Gasteiger partial charge in [-0.2, -0.15) is 8.78 Å². The van der Waals surface area contributed by atoms with E-state index in [1.165, 1.54) is 12.5 Å². The van der Waals surface area contributed by atoms with E-state index in [1.807, 2.05) is 24.3 Å². The number of halogens is 2. The van der Waals surface area contributed by atoms with Crippen LogP contribution in [0.3, 0.4) is 0 Å². The van der Waals surface area contributed by atoms with Crippen molar-refractivity contribution in [3.8, 4) is 0 Å². The fourth-order valence-electron chi connectivity index (χ4n) is 3.14. The first kappa shape index (κ1) is 25.2. The molecule has 2 aromatic carbocycles. The van der Waals surface area contributed by atoms with E-state index in [0.717, 1.165) is 18.1 Å². The minimum Gasteiger partial charge on any atom is -0.461 e. The van der Waals surface area contributed by atoms with E-state index in [1.54, 1.807) is 31.2 Å². The lowest BCUT2D eigenvalue weighted by Crippen LogP contribution is -2.28. The van der Waals surface area contributed by atoms with Crippen molar-refractivity contribution in [2.75, 3.05) is 6.61 Å². The van der Waals surface area contributed by atoms with Gasteiger partial charge < -0.3 is 9.47 Å². The van der Waals surface area contributed by atoms with Crippen LogP contribution in [0.4, 0.5) is 8.78 Å². The molecule has 6 heteroatoms. The van der Waals surface area contributed by atoms with Crippen LogP contribution >= 0.6 is 0 Å². The minimum absolute atomic E-state index is 0.0693. The van der Waals surface area contributed by atoms with Crippen LogP contribution in [0.1, 0.15) is 55.9 Å². The summed E-state index contributed by atoms with van der Waals surface area (Å²) in [4.78, 5) is 23.9. The summed E-state index contributed by atoms with van der Waals surface area (Å²) < 4.78 is 37.6. The van der Waals surface area contributed by atoms with Crippen LogP contribution in [0, 0.1) is 5.92 Å². The molecule has 4 nitrogen and oxygen atoms in total. The molecule has 0 bridgehead atoms. The maximum absolute atomic E-state index is 13.9. The Hall–Kier alpha value is -3.02. The van der Waals surface area contributed by atoms with Gasteiger partial charge in [0.1, 0.15) is 6.61 Å². The Kier molecular flexibility index (Phi) is 9.12. The summed E-state index contributed by atoms with van der Waals surface area (Å²) in [5.74, 6) is -5.66. The summed E-state index contributed by atoms with van der Waals surface area (Å²) in [6.45, 7) is 7.33. The Morgan fingerprint density at radius 3 is 2.28 bits per heavy atom. The average molecular weight is 445 g/mol. The molecule has 0 radical (unpaired) electrons. The van der Waals surface area contributed by atoms with Crippen LogP contribution in [0.5, 0.6) is 0 Å². The van der Waals surface area contributed by atoms with Gasteiger partial charge in [-0.15, -0.1) is 0 Å². The molecule has 0 aromatic heterocycles. The van der Waals surface area contributed by atoms with E-state index < -0.39 is 23.8 Å². The van der Waals surface area contributed by atoms with Crippen LogP contribution in [-0.4, -0.2) is 24.5 Å². The minimum atomic E-state index is -3.74. The van der Waals surface area contributed by atoms with Gasteiger partial charge in [-0.3, -0.25) is 4.79 Å². The smallest absolute Gasteiger partial charge is 0.381 e. The van der Waals surface area contributed by atoms with Crippen LogP contribution in [-0.2, 0) is 32.1 Å². The summed E-state index contributed by atoms with van der Waals surface area (Å²) in [5, 5.41) is 0. The van der Waals surface area contributed by atoms with Crippen LogP contribution in [0.2, 0.25) is 0 Å². The third kappa shape index (κ3) is 7.29. The topological polar surface area (TPSA) is 52.6 Å². The maximum atomic E-state index is 13.9. The number of benzene rings is 2. The molecule has 0 saturated carbocycles. The van der Waals surface area contributed by atoms with Crippen molar-refractivity contribution in [2.24, 2.45) is 5.92 Å². The van der Waals surface area contributed by atoms with Gasteiger partial charge in [0.2, 0.25) is 0 Å². The van der Waals surface area contributed by atoms with E-state index in [-0.39, 0.29) is 13.2 Å². The Balaban J connectivity index is 2.04. The van der Waals surface area contributed by atoms with Crippen LogP contribution < -0.4 is 0 Å². The summed E-state index contributed by atoms with van der Waals surface area (Å²) in [7, 11) is 0. The molecule has 1 atom stereocenters. The third-order valence-corrected chi connectivity index (χ3v) is 4.92. The highest BCUT2D eigenvalue weighted by Gasteiger charge is 2.37. The molecule has 0 amide bonds. The number of carbonyl (C=O) groups excluding carboxylic acids is 2. The van der Waals surface area contributed by atoms with Gasteiger partial charge in [-0.1, -0.05) is 68.5 Å². The second-order valence-corrected chi connectivity index (χ2v) is 8.04. The van der Waals surface area contributed by atoms with Crippen LogP contribution in [0.15, 0.2) is 54.6 Å². The average Bonchev–Trinajstić information content (AvgIpc) is 2.76.